The summed E-state index contributed by atoms with van der Waals surface area (Å²) >= 11 is 0. The zero-order valence-corrected chi connectivity index (χ0v) is 43.0. The number of hydrogen-bond donors (Lipinski definition) is 0. The highest BCUT2D eigenvalue weighted by Gasteiger charge is 2.19. The molecule has 0 rings (SSSR count). The molecule has 0 aliphatic rings. The minimum atomic E-state index is -0.762. The Morgan fingerprint density at radius 3 is 0.778 bits per heavy atom. The molecule has 0 aliphatic heterocycles. The van der Waals surface area contributed by atoms with Crippen molar-refractivity contribution in [1.29, 1.82) is 0 Å². The second-order valence-corrected chi connectivity index (χ2v) is 20.1. The van der Waals surface area contributed by atoms with Gasteiger partial charge in [0.05, 0.1) is 0 Å². The molecule has 6 nitrogen and oxygen atoms in total. The largest absolute Gasteiger partial charge is 0.462 e. The van der Waals surface area contributed by atoms with Crippen molar-refractivity contribution in [2.45, 2.75) is 329 Å². The van der Waals surface area contributed by atoms with Crippen LogP contribution in [0.1, 0.15) is 323 Å². The van der Waals surface area contributed by atoms with Gasteiger partial charge in [-0.2, -0.15) is 0 Å². The lowest BCUT2D eigenvalue weighted by Crippen LogP contribution is -2.30. The minimum Gasteiger partial charge on any atom is -0.462 e. The Kier molecular flexibility index (Phi) is 50.1. The van der Waals surface area contributed by atoms with E-state index in [4.69, 9.17) is 14.2 Å². The van der Waals surface area contributed by atoms with Crippen LogP contribution in [0, 0.1) is 5.92 Å². The lowest BCUT2D eigenvalue weighted by atomic mass is 10.0. The molecule has 63 heavy (non-hydrogen) atoms. The Labute approximate surface area is 393 Å². The lowest BCUT2D eigenvalue weighted by molar-refractivity contribution is -0.167. The molecule has 374 valence electrons. The maximum Gasteiger partial charge on any atom is 0.306 e. The third-order valence-corrected chi connectivity index (χ3v) is 13.0. The van der Waals surface area contributed by atoms with Gasteiger partial charge in [0.1, 0.15) is 13.2 Å². The van der Waals surface area contributed by atoms with Crippen molar-refractivity contribution in [1.82, 2.24) is 0 Å². The fourth-order valence-electron chi connectivity index (χ4n) is 8.75. The van der Waals surface area contributed by atoms with Crippen LogP contribution in [-0.4, -0.2) is 37.2 Å². The molecule has 0 heterocycles. The summed E-state index contributed by atoms with van der Waals surface area (Å²) in [7, 11) is 0. The molecule has 0 fully saturated rings. The van der Waals surface area contributed by atoms with E-state index in [-0.39, 0.29) is 31.1 Å². The van der Waals surface area contributed by atoms with Gasteiger partial charge in [0, 0.05) is 19.3 Å². The number of ether oxygens (including phenoxy) is 3. The van der Waals surface area contributed by atoms with Gasteiger partial charge in [-0.3, -0.25) is 14.4 Å². The average molecular weight is 892 g/mol. The van der Waals surface area contributed by atoms with Gasteiger partial charge in [0.2, 0.25) is 0 Å². The maximum atomic E-state index is 12.8. The zero-order chi connectivity index (χ0) is 45.9. The molecule has 0 aromatic heterocycles. The summed E-state index contributed by atoms with van der Waals surface area (Å²) in [5.41, 5.74) is 0. The monoisotopic (exact) mass is 891 g/mol. The number of esters is 3. The molecule has 0 aliphatic carbocycles. The Hall–Kier alpha value is -1.59. The Bertz CT molecular complexity index is 949. The summed E-state index contributed by atoms with van der Waals surface area (Å²) in [5.74, 6) is -0.0331. The summed E-state index contributed by atoms with van der Waals surface area (Å²) < 4.78 is 16.9. The van der Waals surface area contributed by atoms with E-state index in [0.29, 0.717) is 19.3 Å². The predicted octanol–water partition coefficient (Wildman–Crippen LogP) is 18.6. The second-order valence-electron chi connectivity index (χ2n) is 20.1. The number of carbonyl (C=O) groups excluding carboxylic acids is 3. The molecule has 0 radical (unpaired) electrons. The Morgan fingerprint density at radius 1 is 0.302 bits per heavy atom. The van der Waals surface area contributed by atoms with Gasteiger partial charge in [-0.25, -0.2) is 0 Å². The lowest BCUT2D eigenvalue weighted by Gasteiger charge is -2.18. The Balaban J connectivity index is 4.26. The fraction of sp³-hybridized carbons (Fsp3) is 0.947. The van der Waals surface area contributed by atoms with Crippen LogP contribution >= 0.6 is 0 Å². The quantitative estimate of drug-likeness (QED) is 0.0344. The third kappa shape index (κ3) is 51.3. The van der Waals surface area contributed by atoms with Gasteiger partial charge in [0.25, 0.3) is 0 Å². The predicted molar refractivity (Wildman–Crippen MR) is 270 cm³/mol. The van der Waals surface area contributed by atoms with Gasteiger partial charge in [-0.1, -0.05) is 285 Å². The van der Waals surface area contributed by atoms with E-state index in [1.54, 1.807) is 0 Å². The highest BCUT2D eigenvalue weighted by molar-refractivity contribution is 5.71. The van der Waals surface area contributed by atoms with Crippen LogP contribution in [-0.2, 0) is 28.6 Å². The molecule has 0 amide bonds. The van der Waals surface area contributed by atoms with Crippen LogP contribution < -0.4 is 0 Å². The molecule has 0 aromatic rings. The van der Waals surface area contributed by atoms with Crippen LogP contribution in [0.25, 0.3) is 0 Å². The Morgan fingerprint density at radius 2 is 0.524 bits per heavy atom. The fourth-order valence-corrected chi connectivity index (χ4v) is 8.75. The van der Waals surface area contributed by atoms with Gasteiger partial charge < -0.3 is 14.2 Å². The highest BCUT2D eigenvalue weighted by atomic mass is 16.6. The smallest absolute Gasteiger partial charge is 0.306 e. The average Bonchev–Trinajstić information content (AvgIpc) is 3.27. The summed E-state index contributed by atoms with van der Waals surface area (Å²) in [4.78, 5) is 38.1. The van der Waals surface area contributed by atoms with E-state index in [9.17, 15) is 14.4 Å². The molecule has 0 N–H and O–H groups in total. The van der Waals surface area contributed by atoms with Crippen LogP contribution in [0.3, 0.4) is 0 Å². The van der Waals surface area contributed by atoms with Gasteiger partial charge in [-0.15, -0.1) is 0 Å². The van der Waals surface area contributed by atoms with Crippen molar-refractivity contribution >= 4 is 17.9 Å². The zero-order valence-electron chi connectivity index (χ0n) is 43.0. The van der Waals surface area contributed by atoms with E-state index >= 15 is 0 Å². The molecule has 0 unspecified atom stereocenters. The van der Waals surface area contributed by atoms with Crippen LogP contribution in [0.4, 0.5) is 0 Å². The first-order valence-electron chi connectivity index (χ1n) is 28.4. The van der Waals surface area contributed by atoms with Gasteiger partial charge in [0.15, 0.2) is 6.10 Å². The SMILES string of the molecule is CCCCCCCCCCCCCCCCCCCCC(=O)OC[C@@H](COC(=O)CCCCCCCCCCCCCCCCC)OC(=O)CCCCCCCCCCCC(C)C. The number of carbonyl (C=O) groups is 3. The first-order valence-corrected chi connectivity index (χ1v) is 28.4. The summed E-state index contributed by atoms with van der Waals surface area (Å²) in [6, 6.07) is 0. The van der Waals surface area contributed by atoms with E-state index in [1.165, 1.54) is 218 Å². The summed E-state index contributed by atoms with van der Waals surface area (Å²) in [6.45, 7) is 9.03. The van der Waals surface area contributed by atoms with E-state index in [1.807, 2.05) is 0 Å². The topological polar surface area (TPSA) is 78.9 Å². The van der Waals surface area contributed by atoms with E-state index < -0.39 is 6.10 Å². The molecule has 1 atom stereocenters. The minimum absolute atomic E-state index is 0.0625. The second kappa shape index (κ2) is 51.4. The van der Waals surface area contributed by atoms with E-state index in [0.717, 1.165) is 63.7 Å². The van der Waals surface area contributed by atoms with Crippen molar-refractivity contribution in [2.24, 2.45) is 5.92 Å². The van der Waals surface area contributed by atoms with Crippen molar-refractivity contribution in [2.75, 3.05) is 13.2 Å². The third-order valence-electron chi connectivity index (χ3n) is 13.0. The van der Waals surface area contributed by atoms with Crippen molar-refractivity contribution in [3.63, 3.8) is 0 Å². The summed E-state index contributed by atoms with van der Waals surface area (Å²) in [6.07, 6.45) is 55.2. The number of hydrogen-bond acceptors (Lipinski definition) is 6. The molecule has 0 bridgehead atoms. The highest BCUT2D eigenvalue weighted by Crippen LogP contribution is 2.18. The first kappa shape index (κ1) is 61.4. The molecule has 0 saturated carbocycles. The van der Waals surface area contributed by atoms with Crippen molar-refractivity contribution in [3.8, 4) is 0 Å². The standard InChI is InChI=1S/C57H110O6/c1-5-7-9-11-13-15-17-19-21-22-23-25-27-29-33-37-41-45-49-56(59)62-52-54(63-57(60)50-46-42-38-34-30-31-35-39-43-47-53(3)4)51-61-55(58)48-44-40-36-32-28-26-24-20-18-16-14-12-10-8-6-2/h53-54H,5-52H2,1-4H3/t54-/m1/s1. The van der Waals surface area contributed by atoms with Crippen molar-refractivity contribution in [3.05, 3.63) is 0 Å². The normalized spacial score (nSPS) is 12.0. The van der Waals surface area contributed by atoms with Crippen LogP contribution in [0.5, 0.6) is 0 Å². The van der Waals surface area contributed by atoms with Crippen LogP contribution in [0.2, 0.25) is 0 Å². The number of unbranched alkanes of at least 4 members (excludes halogenated alkanes) is 39. The van der Waals surface area contributed by atoms with E-state index in [2.05, 4.69) is 27.7 Å². The molecular formula is C57H110O6. The van der Waals surface area contributed by atoms with Crippen LogP contribution in [0.15, 0.2) is 0 Å². The molecule has 6 heteroatoms. The van der Waals surface area contributed by atoms with Gasteiger partial charge in [-0.05, 0) is 25.2 Å². The maximum absolute atomic E-state index is 12.8. The molecule has 0 saturated heterocycles. The molecule has 0 aromatic carbocycles. The summed E-state index contributed by atoms with van der Waals surface area (Å²) in [5, 5.41) is 0. The molecule has 0 spiro atoms. The van der Waals surface area contributed by atoms with Gasteiger partial charge >= 0.3 is 17.9 Å². The number of rotatable bonds is 52. The molecular weight excluding hydrogens is 781 g/mol. The van der Waals surface area contributed by atoms with Crippen molar-refractivity contribution < 1.29 is 28.6 Å². The first-order chi connectivity index (χ1) is 30.9.